The van der Waals surface area contributed by atoms with E-state index in [1.165, 1.54) is 57.8 Å². The fourth-order valence-corrected chi connectivity index (χ4v) is 6.98. The third kappa shape index (κ3) is 2.92. The lowest BCUT2D eigenvalue weighted by Gasteiger charge is -2.57. The highest BCUT2D eigenvalue weighted by Crippen LogP contribution is 2.60. The second-order valence-electron chi connectivity index (χ2n) is 9.60. The van der Waals surface area contributed by atoms with E-state index in [4.69, 9.17) is 0 Å². The van der Waals surface area contributed by atoms with Crippen LogP contribution in [0.2, 0.25) is 0 Å². The maximum Gasteiger partial charge on any atom is 0.227 e. The number of hydrogen-bond acceptors (Lipinski definition) is 1. The second-order valence-corrected chi connectivity index (χ2v) is 9.60. The lowest BCUT2D eigenvalue weighted by Crippen LogP contribution is -2.48. The maximum atomic E-state index is 12.5. The van der Waals surface area contributed by atoms with Crippen LogP contribution in [0.5, 0.6) is 0 Å². The molecule has 0 spiro atoms. The highest BCUT2D eigenvalue weighted by Gasteiger charge is 2.51. The average Bonchev–Trinajstić information content (AvgIpc) is 2.62. The third-order valence-corrected chi connectivity index (χ3v) is 7.78. The Morgan fingerprint density at radius 2 is 1.40 bits per heavy atom. The normalized spacial score (nSPS) is 37.2. The summed E-state index contributed by atoms with van der Waals surface area (Å²) in [4.78, 5) is 12.5. The van der Waals surface area contributed by atoms with E-state index in [2.05, 4.69) is 29.6 Å². The van der Waals surface area contributed by atoms with Crippen molar-refractivity contribution in [2.45, 2.75) is 76.0 Å². The van der Waals surface area contributed by atoms with Crippen molar-refractivity contribution in [3.8, 4) is 0 Å². The van der Waals surface area contributed by atoms with E-state index in [1.807, 2.05) is 0 Å². The third-order valence-electron chi connectivity index (χ3n) is 7.78. The summed E-state index contributed by atoms with van der Waals surface area (Å²) < 4.78 is 0. The summed E-state index contributed by atoms with van der Waals surface area (Å²) in [5.74, 6) is 3.42. The van der Waals surface area contributed by atoms with E-state index in [0.717, 1.165) is 36.3 Å². The zero-order chi connectivity index (χ0) is 16.9. The van der Waals surface area contributed by atoms with E-state index in [9.17, 15) is 4.79 Å². The van der Waals surface area contributed by atoms with E-state index in [1.54, 1.807) is 5.56 Å². The summed E-state index contributed by atoms with van der Waals surface area (Å²) in [7, 11) is 0. The zero-order valence-electron chi connectivity index (χ0n) is 15.3. The fraction of sp³-hybridized carbons (Fsp3) is 0.696. The van der Waals surface area contributed by atoms with Gasteiger partial charge in [0.1, 0.15) is 0 Å². The first-order chi connectivity index (χ1) is 12.2. The monoisotopic (exact) mass is 337 g/mol. The molecule has 1 N–H and O–H groups in total. The Morgan fingerprint density at radius 3 is 1.96 bits per heavy atom. The Kier molecular flexibility index (Phi) is 3.91. The molecule has 4 bridgehead atoms. The average molecular weight is 338 g/mol. The van der Waals surface area contributed by atoms with Crippen LogP contribution >= 0.6 is 0 Å². The molecule has 0 heterocycles. The second kappa shape index (κ2) is 6.14. The summed E-state index contributed by atoms with van der Waals surface area (Å²) in [6, 6.07) is 8.97. The van der Waals surface area contributed by atoms with Gasteiger partial charge in [-0.05, 0) is 92.2 Å². The smallest absolute Gasteiger partial charge is 0.227 e. The van der Waals surface area contributed by atoms with Crippen LogP contribution in [0.25, 0.3) is 0 Å². The summed E-state index contributed by atoms with van der Waals surface area (Å²) in [5, 5.41) is 3.17. The van der Waals surface area contributed by atoms with E-state index in [0.29, 0.717) is 5.41 Å². The number of anilines is 1. The first kappa shape index (κ1) is 15.9. The van der Waals surface area contributed by atoms with Gasteiger partial charge in [-0.25, -0.2) is 0 Å². The van der Waals surface area contributed by atoms with Crippen LogP contribution in [-0.2, 0) is 10.2 Å². The quantitative estimate of drug-likeness (QED) is 0.756. The molecule has 2 nitrogen and oxygen atoms in total. The summed E-state index contributed by atoms with van der Waals surface area (Å²) in [6.07, 6.45) is 14.6. The van der Waals surface area contributed by atoms with Gasteiger partial charge in [-0.3, -0.25) is 4.79 Å². The lowest BCUT2D eigenvalue weighted by atomic mass is 9.48. The zero-order valence-corrected chi connectivity index (χ0v) is 15.3. The number of hydrogen-bond donors (Lipinski definition) is 1. The van der Waals surface area contributed by atoms with Crippen LogP contribution in [0.3, 0.4) is 0 Å². The number of rotatable bonds is 3. The molecule has 0 atom stereocenters. The molecular formula is C23H31NO. The van der Waals surface area contributed by atoms with Gasteiger partial charge in [-0.1, -0.05) is 31.4 Å². The Bertz CT molecular complexity index is 605. The van der Waals surface area contributed by atoms with Gasteiger partial charge in [-0.2, -0.15) is 0 Å². The molecule has 6 rings (SSSR count). The highest BCUT2D eigenvalue weighted by molar-refractivity contribution is 5.92. The lowest BCUT2D eigenvalue weighted by molar-refractivity contribution is -0.120. The van der Waals surface area contributed by atoms with Crippen molar-refractivity contribution in [1.29, 1.82) is 0 Å². The molecule has 25 heavy (non-hydrogen) atoms. The van der Waals surface area contributed by atoms with Crippen molar-refractivity contribution < 1.29 is 4.79 Å². The number of benzene rings is 1. The minimum absolute atomic E-state index is 0.233. The molecule has 5 aliphatic rings. The minimum atomic E-state index is 0.233. The van der Waals surface area contributed by atoms with Crippen LogP contribution in [0.15, 0.2) is 24.3 Å². The van der Waals surface area contributed by atoms with Gasteiger partial charge in [0.2, 0.25) is 5.91 Å². The summed E-state index contributed by atoms with van der Waals surface area (Å²) >= 11 is 0. The molecule has 0 aliphatic heterocycles. The Hall–Kier alpha value is -1.31. The molecule has 0 radical (unpaired) electrons. The van der Waals surface area contributed by atoms with Crippen molar-refractivity contribution in [1.82, 2.24) is 0 Å². The van der Waals surface area contributed by atoms with Crippen LogP contribution in [-0.4, -0.2) is 5.91 Å². The summed E-state index contributed by atoms with van der Waals surface area (Å²) in [6.45, 7) is 0. The van der Waals surface area contributed by atoms with Crippen LogP contribution in [0, 0.1) is 23.7 Å². The van der Waals surface area contributed by atoms with Gasteiger partial charge in [0.25, 0.3) is 0 Å². The van der Waals surface area contributed by atoms with E-state index < -0.39 is 0 Å². The molecule has 1 aromatic rings. The van der Waals surface area contributed by atoms with Crippen molar-refractivity contribution in [3.05, 3.63) is 29.8 Å². The topological polar surface area (TPSA) is 29.1 Å². The molecular weight excluding hydrogens is 306 g/mol. The van der Waals surface area contributed by atoms with Crippen molar-refractivity contribution in [3.63, 3.8) is 0 Å². The first-order valence-corrected chi connectivity index (χ1v) is 10.6. The molecule has 134 valence electrons. The Balaban J connectivity index is 1.30. The van der Waals surface area contributed by atoms with Crippen molar-refractivity contribution in [2.75, 3.05) is 5.32 Å². The van der Waals surface area contributed by atoms with Gasteiger partial charge in [0, 0.05) is 11.6 Å². The number of carbonyl (C=O) groups excluding carboxylic acids is 1. The van der Waals surface area contributed by atoms with Crippen LogP contribution in [0.4, 0.5) is 5.69 Å². The molecule has 2 heteroatoms. The predicted octanol–water partition coefficient (Wildman–Crippen LogP) is 5.67. The predicted molar refractivity (Wildman–Crippen MR) is 101 cm³/mol. The van der Waals surface area contributed by atoms with E-state index in [-0.39, 0.29) is 11.8 Å². The standard InChI is InChI=1S/C23H31NO/c25-22(19-4-2-1-3-5-19)24-21-8-6-20(7-9-21)23-13-16-10-17(14-23)12-18(11-16)15-23/h6-9,16-19H,1-5,10-15H2,(H,24,25). The van der Waals surface area contributed by atoms with Crippen molar-refractivity contribution >= 4 is 11.6 Å². The number of carbonyl (C=O) groups is 1. The molecule has 1 amide bonds. The van der Waals surface area contributed by atoms with E-state index >= 15 is 0 Å². The SMILES string of the molecule is O=C(Nc1ccc(C23CC4CC(CC(C4)C2)C3)cc1)C1CCCCC1. The van der Waals surface area contributed by atoms with Crippen LogP contribution < -0.4 is 5.32 Å². The fourth-order valence-electron chi connectivity index (χ4n) is 6.98. The maximum absolute atomic E-state index is 12.5. The van der Waals surface area contributed by atoms with Gasteiger partial charge < -0.3 is 5.32 Å². The van der Waals surface area contributed by atoms with Gasteiger partial charge in [0.05, 0.1) is 0 Å². The van der Waals surface area contributed by atoms with Crippen molar-refractivity contribution in [2.24, 2.45) is 23.7 Å². The first-order valence-electron chi connectivity index (χ1n) is 10.6. The van der Waals surface area contributed by atoms with Crippen LogP contribution in [0.1, 0.15) is 76.2 Å². The molecule has 5 fully saturated rings. The number of nitrogens with one attached hydrogen (secondary N) is 1. The highest BCUT2D eigenvalue weighted by atomic mass is 16.1. The largest absolute Gasteiger partial charge is 0.326 e. The van der Waals surface area contributed by atoms with Gasteiger partial charge >= 0.3 is 0 Å². The number of amides is 1. The Morgan fingerprint density at radius 1 is 0.840 bits per heavy atom. The molecule has 5 aliphatic carbocycles. The van der Waals surface area contributed by atoms with Gasteiger partial charge in [0.15, 0.2) is 0 Å². The molecule has 0 saturated heterocycles. The molecule has 1 aromatic carbocycles. The molecule has 0 aromatic heterocycles. The molecule has 0 unspecified atom stereocenters. The van der Waals surface area contributed by atoms with Gasteiger partial charge in [-0.15, -0.1) is 0 Å². The Labute approximate surface area is 151 Å². The molecule has 5 saturated carbocycles. The summed E-state index contributed by atoms with van der Waals surface area (Å²) in [5.41, 5.74) is 2.99. The minimum Gasteiger partial charge on any atom is -0.326 e.